The second-order valence-electron chi connectivity index (χ2n) is 10.4. The average Bonchev–Trinajstić information content (AvgIpc) is 3.34. The summed E-state index contributed by atoms with van der Waals surface area (Å²) in [5, 5.41) is 3.33. The number of benzene rings is 1. The molecule has 0 bridgehead atoms. The molecule has 1 unspecified atom stereocenters. The van der Waals surface area contributed by atoms with E-state index in [2.05, 4.69) is 5.32 Å². The predicted molar refractivity (Wildman–Crippen MR) is 154 cm³/mol. The van der Waals surface area contributed by atoms with E-state index < -0.39 is 22.0 Å². The lowest BCUT2D eigenvalue weighted by atomic mass is 10.0. The summed E-state index contributed by atoms with van der Waals surface area (Å²) in [4.78, 5) is 43.7. The molecule has 1 aromatic heterocycles. The van der Waals surface area contributed by atoms with Crippen molar-refractivity contribution in [2.75, 3.05) is 51.3 Å². The van der Waals surface area contributed by atoms with Crippen LogP contribution in [0.4, 0.5) is 9.80 Å². The summed E-state index contributed by atoms with van der Waals surface area (Å²) in [5.74, 6) is -0.625. The summed E-state index contributed by atoms with van der Waals surface area (Å²) in [6.45, 7) is 6.93. The first kappa shape index (κ1) is 29.5. The maximum Gasteiger partial charge on any atom is 0.410 e. The third kappa shape index (κ3) is 6.13. The smallest absolute Gasteiger partial charge is 0.410 e. The van der Waals surface area contributed by atoms with Crippen molar-refractivity contribution >= 4 is 44.3 Å². The number of rotatable bonds is 6. The van der Waals surface area contributed by atoms with Gasteiger partial charge in [-0.25, -0.2) is 13.2 Å². The Labute approximate surface area is 244 Å². The molecule has 2 fully saturated rings. The number of sulfonamides is 1. The molecular weight excluding hydrogens is 568 g/mol. The number of fused-ring (bicyclic) bond motifs is 1. The average molecular weight is 605 g/mol. The molecule has 2 saturated heterocycles. The second-order valence-corrected chi connectivity index (χ2v) is 13.4. The molecular formula is C28H36N4O7S2. The second kappa shape index (κ2) is 12.5. The largest absolute Gasteiger partial charge is 0.450 e. The zero-order valence-electron chi connectivity index (χ0n) is 23.4. The van der Waals surface area contributed by atoms with Gasteiger partial charge in [0.15, 0.2) is 0 Å². The first-order chi connectivity index (χ1) is 19.7. The van der Waals surface area contributed by atoms with E-state index in [1.54, 1.807) is 16.7 Å². The Bertz CT molecular complexity index is 1400. The zero-order chi connectivity index (χ0) is 29.1. The molecule has 222 valence electrons. The van der Waals surface area contributed by atoms with Gasteiger partial charge in [0, 0.05) is 42.7 Å². The Morgan fingerprint density at radius 1 is 1.05 bits per heavy atom. The normalized spacial score (nSPS) is 19.9. The lowest BCUT2D eigenvalue weighted by Crippen LogP contribution is -2.42. The van der Waals surface area contributed by atoms with E-state index in [1.807, 2.05) is 6.92 Å². The standard InChI is InChI=1S/C28H36N4O7S2/c1-3-39-28(35)31-13-11-22-23(18-31)40-26(24(22)27(34)30-14-16-38-17-15-30)29-25(33)20-7-9-21(10-8-20)41(36,37)32-12-5-4-6-19(32)2/h7-10,19H,3-6,11-18H2,1-2H3,(H,29,33). The molecule has 5 rings (SSSR count). The molecule has 0 radical (unpaired) electrons. The van der Waals surface area contributed by atoms with Crippen molar-refractivity contribution in [2.45, 2.75) is 57.0 Å². The number of anilines is 1. The number of piperidine rings is 1. The van der Waals surface area contributed by atoms with Crippen LogP contribution < -0.4 is 5.32 Å². The third-order valence-corrected chi connectivity index (χ3v) is 10.9. The van der Waals surface area contributed by atoms with E-state index in [0.717, 1.165) is 29.7 Å². The van der Waals surface area contributed by atoms with Crippen molar-refractivity contribution in [2.24, 2.45) is 0 Å². The summed E-state index contributed by atoms with van der Waals surface area (Å²) in [6.07, 6.45) is 2.72. The molecule has 3 aliphatic heterocycles. The van der Waals surface area contributed by atoms with E-state index in [4.69, 9.17) is 9.47 Å². The number of nitrogens with zero attached hydrogens (tertiary/aromatic N) is 3. The minimum atomic E-state index is -3.66. The SMILES string of the molecule is CCOC(=O)N1CCc2c(sc(NC(=O)c3ccc(S(=O)(=O)N4CCCCC4C)cc3)c2C(=O)N2CCOCC2)C1. The number of morpholine rings is 1. The van der Waals surface area contributed by atoms with E-state index in [0.29, 0.717) is 62.9 Å². The summed E-state index contributed by atoms with van der Waals surface area (Å²) < 4.78 is 38.5. The lowest BCUT2D eigenvalue weighted by molar-refractivity contribution is 0.0303. The van der Waals surface area contributed by atoms with Gasteiger partial charge in [-0.3, -0.25) is 9.59 Å². The molecule has 41 heavy (non-hydrogen) atoms. The van der Waals surface area contributed by atoms with Gasteiger partial charge in [0.2, 0.25) is 10.0 Å². The van der Waals surface area contributed by atoms with Crippen LogP contribution >= 0.6 is 11.3 Å². The Morgan fingerprint density at radius 3 is 2.46 bits per heavy atom. The first-order valence-electron chi connectivity index (χ1n) is 14.1. The van der Waals surface area contributed by atoms with Gasteiger partial charge in [0.25, 0.3) is 11.8 Å². The van der Waals surface area contributed by atoms with Crippen LogP contribution in [0.1, 0.15) is 64.3 Å². The Hall–Kier alpha value is -3.00. The summed E-state index contributed by atoms with van der Waals surface area (Å²) >= 11 is 1.28. The Morgan fingerprint density at radius 2 is 1.78 bits per heavy atom. The lowest BCUT2D eigenvalue weighted by Gasteiger charge is -2.32. The van der Waals surface area contributed by atoms with Crippen molar-refractivity contribution < 1.29 is 32.3 Å². The Balaban J connectivity index is 1.39. The highest BCUT2D eigenvalue weighted by Gasteiger charge is 2.34. The monoisotopic (exact) mass is 604 g/mol. The molecule has 4 heterocycles. The first-order valence-corrected chi connectivity index (χ1v) is 16.3. The molecule has 13 heteroatoms. The molecule has 3 aliphatic rings. The van der Waals surface area contributed by atoms with Crippen LogP contribution in [-0.4, -0.2) is 92.5 Å². The highest BCUT2D eigenvalue weighted by atomic mass is 32.2. The van der Waals surface area contributed by atoms with Crippen molar-refractivity contribution in [3.05, 3.63) is 45.8 Å². The van der Waals surface area contributed by atoms with Crippen molar-refractivity contribution in [1.82, 2.24) is 14.1 Å². The Kier molecular flexibility index (Phi) is 8.97. The number of nitrogens with one attached hydrogen (secondary N) is 1. The van der Waals surface area contributed by atoms with Gasteiger partial charge >= 0.3 is 6.09 Å². The van der Waals surface area contributed by atoms with Crippen molar-refractivity contribution in [3.8, 4) is 0 Å². The molecule has 0 aliphatic carbocycles. The fourth-order valence-electron chi connectivity index (χ4n) is 5.53. The number of amides is 3. The van der Waals surface area contributed by atoms with E-state index in [-0.39, 0.29) is 29.0 Å². The molecule has 3 amide bonds. The van der Waals surface area contributed by atoms with E-state index >= 15 is 0 Å². The number of carbonyl (C=O) groups excluding carboxylic acids is 3. The highest BCUT2D eigenvalue weighted by Crippen LogP contribution is 2.38. The van der Waals surface area contributed by atoms with Crippen LogP contribution in [0.5, 0.6) is 0 Å². The number of carbonyl (C=O) groups is 3. The van der Waals surface area contributed by atoms with Crippen molar-refractivity contribution in [1.29, 1.82) is 0 Å². The molecule has 1 aromatic carbocycles. The molecule has 1 atom stereocenters. The quantitative estimate of drug-likeness (QED) is 0.535. The summed E-state index contributed by atoms with van der Waals surface area (Å²) in [6, 6.07) is 5.85. The van der Waals surface area contributed by atoms with Crippen molar-refractivity contribution in [3.63, 3.8) is 0 Å². The van der Waals surface area contributed by atoms with Crippen LogP contribution in [0.2, 0.25) is 0 Å². The minimum Gasteiger partial charge on any atom is -0.450 e. The predicted octanol–water partition coefficient (Wildman–Crippen LogP) is 3.55. The molecule has 0 saturated carbocycles. The van der Waals surface area contributed by atoms with E-state index in [9.17, 15) is 22.8 Å². The van der Waals surface area contributed by atoms with Crippen LogP contribution in [-0.2, 0) is 32.5 Å². The molecule has 0 spiro atoms. The zero-order valence-corrected chi connectivity index (χ0v) is 25.0. The van der Waals surface area contributed by atoms with Gasteiger partial charge < -0.3 is 24.6 Å². The van der Waals surface area contributed by atoms with Gasteiger partial charge in [-0.1, -0.05) is 6.42 Å². The molecule has 1 N–H and O–H groups in total. The fraction of sp³-hybridized carbons (Fsp3) is 0.536. The van der Waals surface area contributed by atoms with Gasteiger partial charge in [-0.2, -0.15) is 4.31 Å². The number of hydrogen-bond acceptors (Lipinski definition) is 8. The topological polar surface area (TPSA) is 126 Å². The number of hydrogen-bond donors (Lipinski definition) is 1. The molecule has 2 aromatic rings. The van der Waals surface area contributed by atoms with Crippen LogP contribution in [0, 0.1) is 0 Å². The number of ether oxygens (including phenoxy) is 2. The maximum absolute atomic E-state index is 13.7. The third-order valence-electron chi connectivity index (χ3n) is 7.79. The van der Waals surface area contributed by atoms with E-state index in [1.165, 1.54) is 39.9 Å². The van der Waals surface area contributed by atoms with Gasteiger partial charge in [0.1, 0.15) is 5.00 Å². The maximum atomic E-state index is 13.7. The molecule has 11 nitrogen and oxygen atoms in total. The van der Waals surface area contributed by atoms with Gasteiger partial charge in [0.05, 0.1) is 36.8 Å². The highest BCUT2D eigenvalue weighted by molar-refractivity contribution is 7.89. The number of thiophene rings is 1. The van der Waals surface area contributed by atoms with Crippen LogP contribution in [0.3, 0.4) is 0 Å². The van der Waals surface area contributed by atoms with Gasteiger partial charge in [-0.15, -0.1) is 11.3 Å². The minimum absolute atomic E-state index is 0.0660. The summed E-state index contributed by atoms with van der Waals surface area (Å²) in [5.41, 5.74) is 1.56. The summed E-state index contributed by atoms with van der Waals surface area (Å²) in [7, 11) is -3.66. The van der Waals surface area contributed by atoms with Gasteiger partial charge in [-0.05, 0) is 62.9 Å². The van der Waals surface area contributed by atoms with Crippen LogP contribution in [0.15, 0.2) is 29.2 Å². The fourth-order valence-corrected chi connectivity index (χ4v) is 8.48. The van der Waals surface area contributed by atoms with Crippen LogP contribution in [0.25, 0.3) is 0 Å².